The van der Waals surface area contributed by atoms with Crippen molar-refractivity contribution in [3.05, 3.63) is 41.7 Å². The molecule has 0 radical (unpaired) electrons. The van der Waals surface area contributed by atoms with Crippen molar-refractivity contribution in [2.24, 2.45) is 0 Å². The molecule has 2 aromatic rings. The van der Waals surface area contributed by atoms with E-state index in [0.29, 0.717) is 23.4 Å². The van der Waals surface area contributed by atoms with Crippen LogP contribution in [0.15, 0.2) is 29.0 Å². The molecule has 0 unspecified atom stereocenters. The van der Waals surface area contributed by atoms with Crippen LogP contribution in [0.5, 0.6) is 0 Å². The minimum atomic E-state index is -0.233. The zero-order valence-electron chi connectivity index (χ0n) is 11.7. The molecule has 102 valence electrons. The van der Waals surface area contributed by atoms with Crippen LogP contribution in [-0.2, 0) is 6.54 Å². The van der Waals surface area contributed by atoms with Gasteiger partial charge in [0, 0.05) is 17.6 Å². The van der Waals surface area contributed by atoms with E-state index in [4.69, 9.17) is 4.42 Å². The number of oxazole rings is 1. The second-order valence-electron chi connectivity index (χ2n) is 5.70. The molecule has 0 aliphatic heterocycles. The lowest BCUT2D eigenvalue weighted by molar-refractivity contribution is 0.421. The van der Waals surface area contributed by atoms with Crippen molar-refractivity contribution in [1.82, 2.24) is 10.3 Å². The number of hydrogen-bond acceptors (Lipinski definition) is 3. The van der Waals surface area contributed by atoms with Crippen LogP contribution in [0, 0.1) is 12.7 Å². The Labute approximate surface area is 112 Å². The minimum absolute atomic E-state index is 0.00521. The van der Waals surface area contributed by atoms with Crippen molar-refractivity contribution in [2.45, 2.75) is 39.8 Å². The number of benzene rings is 1. The van der Waals surface area contributed by atoms with Gasteiger partial charge in [0.1, 0.15) is 11.5 Å². The highest BCUT2D eigenvalue weighted by Gasteiger charge is 2.15. The van der Waals surface area contributed by atoms with Crippen molar-refractivity contribution in [3.8, 4) is 11.3 Å². The van der Waals surface area contributed by atoms with E-state index in [1.54, 1.807) is 13.0 Å². The summed E-state index contributed by atoms with van der Waals surface area (Å²) < 4.78 is 19.0. The third-order valence-corrected chi connectivity index (χ3v) is 2.86. The number of nitrogens with zero attached hydrogens (tertiary/aromatic N) is 1. The van der Waals surface area contributed by atoms with Gasteiger partial charge in [0.05, 0.1) is 0 Å². The summed E-state index contributed by atoms with van der Waals surface area (Å²) in [7, 11) is 0. The van der Waals surface area contributed by atoms with Crippen LogP contribution >= 0.6 is 0 Å². The molecule has 3 nitrogen and oxygen atoms in total. The summed E-state index contributed by atoms with van der Waals surface area (Å²) in [5, 5.41) is 3.34. The average Bonchev–Trinajstić information content (AvgIpc) is 2.77. The number of nitrogens with one attached hydrogen (secondary N) is 1. The van der Waals surface area contributed by atoms with Crippen molar-refractivity contribution in [2.75, 3.05) is 0 Å². The van der Waals surface area contributed by atoms with Crippen LogP contribution < -0.4 is 5.32 Å². The molecule has 0 saturated heterocycles. The van der Waals surface area contributed by atoms with Crippen LogP contribution in [0.3, 0.4) is 0 Å². The van der Waals surface area contributed by atoms with Gasteiger partial charge in [-0.1, -0.05) is 12.1 Å². The molecule has 1 aromatic heterocycles. The first-order valence-electron chi connectivity index (χ1n) is 6.31. The standard InChI is InChI=1S/C15H19FN2O/c1-10-5-6-11(7-12(10)16)14-13(17-9-19-14)8-18-15(2,3)4/h5-7,9,18H,8H2,1-4H3. The lowest BCUT2D eigenvalue weighted by atomic mass is 10.1. The van der Waals surface area contributed by atoms with E-state index in [1.807, 2.05) is 6.07 Å². The van der Waals surface area contributed by atoms with E-state index in [9.17, 15) is 4.39 Å². The summed E-state index contributed by atoms with van der Waals surface area (Å²) in [6.07, 6.45) is 1.40. The topological polar surface area (TPSA) is 38.1 Å². The molecule has 1 heterocycles. The predicted molar refractivity (Wildman–Crippen MR) is 73.2 cm³/mol. The van der Waals surface area contributed by atoms with Crippen LogP contribution in [0.1, 0.15) is 32.0 Å². The van der Waals surface area contributed by atoms with E-state index >= 15 is 0 Å². The molecule has 0 atom stereocenters. The molecule has 0 bridgehead atoms. The zero-order valence-corrected chi connectivity index (χ0v) is 11.7. The second kappa shape index (κ2) is 5.13. The van der Waals surface area contributed by atoms with E-state index < -0.39 is 0 Å². The van der Waals surface area contributed by atoms with Gasteiger partial charge in [-0.15, -0.1) is 0 Å². The number of halogens is 1. The summed E-state index contributed by atoms with van der Waals surface area (Å²) in [6, 6.07) is 5.07. The Morgan fingerprint density at radius 1 is 1.32 bits per heavy atom. The quantitative estimate of drug-likeness (QED) is 0.917. The molecule has 0 saturated carbocycles. The Kier molecular flexibility index (Phi) is 3.71. The van der Waals surface area contributed by atoms with Gasteiger partial charge >= 0.3 is 0 Å². The van der Waals surface area contributed by atoms with Gasteiger partial charge in [-0.2, -0.15) is 0 Å². The first-order chi connectivity index (χ1) is 8.87. The van der Waals surface area contributed by atoms with Gasteiger partial charge in [-0.05, 0) is 39.3 Å². The zero-order chi connectivity index (χ0) is 14.0. The maximum absolute atomic E-state index is 13.6. The third kappa shape index (κ3) is 3.41. The number of aryl methyl sites for hydroxylation is 1. The first-order valence-corrected chi connectivity index (χ1v) is 6.31. The first kappa shape index (κ1) is 13.7. The Bertz CT molecular complexity index is 570. The molecule has 0 amide bonds. The second-order valence-corrected chi connectivity index (χ2v) is 5.70. The lowest BCUT2D eigenvalue weighted by Crippen LogP contribution is -2.35. The molecule has 0 spiro atoms. The summed E-state index contributed by atoms with van der Waals surface area (Å²) in [5.74, 6) is 0.388. The largest absolute Gasteiger partial charge is 0.443 e. The number of aromatic nitrogens is 1. The van der Waals surface area contributed by atoms with E-state index in [1.165, 1.54) is 12.5 Å². The monoisotopic (exact) mass is 262 g/mol. The molecule has 0 aliphatic rings. The fraction of sp³-hybridized carbons (Fsp3) is 0.400. The molecular weight excluding hydrogens is 243 g/mol. The number of rotatable bonds is 3. The highest BCUT2D eigenvalue weighted by Crippen LogP contribution is 2.25. The summed E-state index contributed by atoms with van der Waals surface area (Å²) >= 11 is 0. The Hall–Kier alpha value is -1.68. The van der Waals surface area contributed by atoms with Crippen molar-refractivity contribution in [1.29, 1.82) is 0 Å². The predicted octanol–water partition coefficient (Wildman–Crippen LogP) is 3.68. The fourth-order valence-corrected chi connectivity index (χ4v) is 1.71. The smallest absolute Gasteiger partial charge is 0.181 e. The summed E-state index contributed by atoms with van der Waals surface area (Å²) in [4.78, 5) is 4.20. The van der Waals surface area contributed by atoms with Crippen LogP contribution in [-0.4, -0.2) is 10.5 Å². The van der Waals surface area contributed by atoms with Crippen molar-refractivity contribution >= 4 is 0 Å². The van der Waals surface area contributed by atoms with Crippen LogP contribution in [0.4, 0.5) is 4.39 Å². The van der Waals surface area contributed by atoms with Gasteiger partial charge in [-0.3, -0.25) is 0 Å². The molecular formula is C15H19FN2O. The Balaban J connectivity index is 2.26. The maximum atomic E-state index is 13.6. The van der Waals surface area contributed by atoms with Gasteiger partial charge in [0.2, 0.25) is 0 Å². The van der Waals surface area contributed by atoms with Gasteiger partial charge in [0.25, 0.3) is 0 Å². The van der Waals surface area contributed by atoms with Gasteiger partial charge < -0.3 is 9.73 Å². The molecule has 19 heavy (non-hydrogen) atoms. The van der Waals surface area contributed by atoms with Crippen molar-refractivity contribution < 1.29 is 8.81 Å². The van der Waals surface area contributed by atoms with E-state index in [0.717, 1.165) is 5.69 Å². The van der Waals surface area contributed by atoms with E-state index in [-0.39, 0.29) is 11.4 Å². The molecule has 0 fully saturated rings. The van der Waals surface area contributed by atoms with Crippen LogP contribution in [0.25, 0.3) is 11.3 Å². The van der Waals surface area contributed by atoms with Gasteiger partial charge in [-0.25, -0.2) is 9.37 Å². The maximum Gasteiger partial charge on any atom is 0.181 e. The Morgan fingerprint density at radius 3 is 2.68 bits per heavy atom. The Morgan fingerprint density at radius 2 is 2.05 bits per heavy atom. The van der Waals surface area contributed by atoms with Crippen LogP contribution in [0.2, 0.25) is 0 Å². The third-order valence-electron chi connectivity index (χ3n) is 2.86. The SMILES string of the molecule is Cc1ccc(-c2ocnc2CNC(C)(C)C)cc1F. The number of hydrogen-bond donors (Lipinski definition) is 1. The minimum Gasteiger partial charge on any atom is -0.443 e. The molecule has 4 heteroatoms. The van der Waals surface area contributed by atoms with Crippen molar-refractivity contribution in [3.63, 3.8) is 0 Å². The summed E-state index contributed by atoms with van der Waals surface area (Å²) in [5.41, 5.74) is 2.12. The average molecular weight is 262 g/mol. The fourth-order valence-electron chi connectivity index (χ4n) is 1.71. The van der Waals surface area contributed by atoms with E-state index in [2.05, 4.69) is 31.1 Å². The molecule has 0 aliphatic carbocycles. The lowest BCUT2D eigenvalue weighted by Gasteiger charge is -2.19. The molecule has 1 N–H and O–H groups in total. The molecule has 2 rings (SSSR count). The molecule has 1 aromatic carbocycles. The van der Waals surface area contributed by atoms with Gasteiger partial charge in [0.15, 0.2) is 12.2 Å². The highest BCUT2D eigenvalue weighted by atomic mass is 19.1. The normalized spacial score (nSPS) is 11.8. The highest BCUT2D eigenvalue weighted by molar-refractivity contribution is 5.60. The summed E-state index contributed by atoms with van der Waals surface area (Å²) in [6.45, 7) is 8.57.